The molecule has 69 heavy (non-hydrogen) atoms. The van der Waals surface area contributed by atoms with Gasteiger partial charge in [-0.3, -0.25) is 19.8 Å². The normalized spacial score (nSPS) is 18.7. The number of halogens is 4. The Bertz CT molecular complexity index is 3050. The first kappa shape index (κ1) is 49.9. The number of carbonyl (C=O) groups excluding carboxylic acids is 1. The molecule has 4 heterocycles. The van der Waals surface area contributed by atoms with Gasteiger partial charge >= 0.3 is 6.18 Å². The second-order valence-corrected chi connectivity index (χ2v) is 23.3. The van der Waals surface area contributed by atoms with Crippen LogP contribution in [0.15, 0.2) is 89.6 Å². The zero-order valence-corrected chi connectivity index (χ0v) is 40.7. The standard InChI is InChI=1S/C48H53ClF3N7O8S2/c1-47(2)14-12-33(40(25-47)38-9-6-34(22-41(38)49)48(50,51)52)29-56-17-19-57(20-18-56)35-7-10-39(45(23-35)67-36-21-32-13-15-53-46(32)55-27-36)44(60)30-69(65,66)37-8-11-42(43(24-37)59(61)62)54-26-31-5-4-16-58(28-31)68(3,63)64/h6-11,13,15,21-24,27,31,54H,4-5,12,14,16-20,25-26,28-30H2,1-3H3,(H,53,55)/t31-/m1/s1. The van der Waals surface area contributed by atoms with Crippen molar-refractivity contribution in [1.29, 1.82) is 0 Å². The summed E-state index contributed by atoms with van der Waals surface area (Å²) in [5.74, 6) is -1.56. The molecule has 3 aromatic carbocycles. The number of nitrogens with zero attached hydrogens (tertiary/aromatic N) is 5. The molecule has 2 aromatic heterocycles. The van der Waals surface area contributed by atoms with E-state index in [1.54, 1.807) is 30.5 Å². The van der Waals surface area contributed by atoms with Crippen molar-refractivity contribution in [3.05, 3.63) is 117 Å². The summed E-state index contributed by atoms with van der Waals surface area (Å²) in [5.41, 5.74) is 2.75. The third-order valence-corrected chi connectivity index (χ3v) is 16.4. The maximum absolute atomic E-state index is 14.1. The highest BCUT2D eigenvalue weighted by Crippen LogP contribution is 2.46. The van der Waals surface area contributed by atoms with Crippen molar-refractivity contribution >= 4 is 70.9 Å². The fraction of sp³-hybridized carbons (Fsp3) is 0.417. The van der Waals surface area contributed by atoms with Crippen molar-refractivity contribution in [2.24, 2.45) is 11.3 Å². The van der Waals surface area contributed by atoms with Crippen molar-refractivity contribution in [2.75, 3.05) is 74.6 Å². The Morgan fingerprint density at radius 2 is 1.78 bits per heavy atom. The second kappa shape index (κ2) is 19.7. The topological polar surface area (TPSA) is 188 Å². The molecule has 5 aromatic rings. The first-order valence-electron chi connectivity index (χ1n) is 22.6. The zero-order chi connectivity index (χ0) is 49.5. The number of piperazine rings is 1. The minimum Gasteiger partial charge on any atom is -0.455 e. The number of anilines is 2. The van der Waals surface area contributed by atoms with E-state index in [2.05, 4.69) is 38.9 Å². The molecule has 0 spiro atoms. The lowest BCUT2D eigenvalue weighted by Crippen LogP contribution is -2.47. The van der Waals surface area contributed by atoms with Gasteiger partial charge in [0.1, 0.15) is 28.6 Å². The van der Waals surface area contributed by atoms with Crippen molar-refractivity contribution in [1.82, 2.24) is 19.2 Å². The first-order chi connectivity index (χ1) is 32.5. The molecular formula is C48H53ClF3N7O8S2. The van der Waals surface area contributed by atoms with Crippen LogP contribution in [0.1, 0.15) is 67.4 Å². The van der Waals surface area contributed by atoms with E-state index >= 15 is 0 Å². The van der Waals surface area contributed by atoms with Crippen LogP contribution < -0.4 is 15.0 Å². The minimum absolute atomic E-state index is 0.0276. The molecule has 21 heteroatoms. The molecule has 2 fully saturated rings. The molecule has 2 saturated heterocycles. The number of nitro groups is 1. The highest BCUT2D eigenvalue weighted by Gasteiger charge is 2.34. The number of hydrogen-bond donors (Lipinski definition) is 2. The molecule has 1 aliphatic carbocycles. The van der Waals surface area contributed by atoms with E-state index in [9.17, 15) is 44.9 Å². The van der Waals surface area contributed by atoms with Gasteiger partial charge in [0, 0.05) is 86.8 Å². The van der Waals surface area contributed by atoms with E-state index < -0.39 is 58.6 Å². The molecule has 368 valence electrons. The summed E-state index contributed by atoms with van der Waals surface area (Å²) in [6.07, 6.45) is 3.55. The number of rotatable bonds is 15. The van der Waals surface area contributed by atoms with Gasteiger partial charge in [-0.25, -0.2) is 26.1 Å². The fourth-order valence-electron chi connectivity index (χ4n) is 9.38. The average Bonchev–Trinajstić information content (AvgIpc) is 3.76. The Balaban J connectivity index is 0.996. The van der Waals surface area contributed by atoms with Crippen molar-refractivity contribution in [3.63, 3.8) is 0 Å². The third-order valence-electron chi connectivity index (χ3n) is 13.2. The number of benzene rings is 3. The SMILES string of the molecule is CC1(C)CCC(CN2CCN(c3ccc(C(=O)CS(=O)(=O)c4ccc(NC[C@H]5CCCN(S(C)(=O)=O)C5)c([N+](=O)[O-])c4)c(Oc4cnc5[nH]ccc5c4)c3)CC2)=C(c2ccc(C(F)(F)F)cc2Cl)C1. The summed E-state index contributed by atoms with van der Waals surface area (Å²) in [5, 5.41) is 16.0. The molecule has 0 unspecified atom stereocenters. The highest BCUT2D eigenvalue weighted by atomic mass is 35.5. The number of pyridine rings is 1. The number of H-pyrrole nitrogens is 1. The van der Waals surface area contributed by atoms with E-state index in [4.69, 9.17) is 16.3 Å². The number of aromatic amines is 1. The maximum Gasteiger partial charge on any atom is 0.416 e. The van der Waals surface area contributed by atoms with Crippen molar-refractivity contribution in [3.8, 4) is 11.5 Å². The van der Waals surface area contributed by atoms with E-state index in [0.29, 0.717) is 81.2 Å². The van der Waals surface area contributed by atoms with Gasteiger partial charge in [0.2, 0.25) is 10.0 Å². The second-order valence-electron chi connectivity index (χ2n) is 18.9. The number of nitrogens with one attached hydrogen (secondary N) is 2. The van der Waals surface area contributed by atoms with Crippen LogP contribution in [0.3, 0.4) is 0 Å². The number of Topliss-reactive ketones (excluding diaryl/α,β-unsaturated/α-hetero) is 1. The summed E-state index contributed by atoms with van der Waals surface area (Å²) >= 11 is 6.54. The molecule has 2 aliphatic heterocycles. The lowest BCUT2D eigenvalue weighted by molar-refractivity contribution is -0.384. The maximum atomic E-state index is 14.1. The van der Waals surface area contributed by atoms with Gasteiger partial charge in [-0.1, -0.05) is 37.1 Å². The van der Waals surface area contributed by atoms with E-state index in [1.165, 1.54) is 34.8 Å². The molecule has 0 radical (unpaired) electrons. The van der Waals surface area contributed by atoms with Gasteiger partial charge in [0.05, 0.1) is 33.4 Å². The molecule has 0 amide bonds. The molecule has 15 nitrogen and oxygen atoms in total. The summed E-state index contributed by atoms with van der Waals surface area (Å²) in [6, 6.07) is 15.4. The molecule has 3 aliphatic rings. The first-order valence-corrected chi connectivity index (χ1v) is 26.4. The van der Waals surface area contributed by atoms with Crippen LogP contribution in [0.4, 0.5) is 30.2 Å². The zero-order valence-electron chi connectivity index (χ0n) is 38.3. The summed E-state index contributed by atoms with van der Waals surface area (Å²) in [4.78, 5) is 37.0. The number of nitro benzene ring substituents is 1. The van der Waals surface area contributed by atoms with Crippen molar-refractivity contribution in [2.45, 2.75) is 57.0 Å². The predicted molar refractivity (Wildman–Crippen MR) is 259 cm³/mol. The number of hydrogen-bond acceptors (Lipinski definition) is 12. The Morgan fingerprint density at radius 3 is 2.49 bits per heavy atom. The number of aromatic nitrogens is 2. The molecule has 1 atom stereocenters. The predicted octanol–water partition coefficient (Wildman–Crippen LogP) is 9.46. The number of carbonyl (C=O) groups is 1. The largest absolute Gasteiger partial charge is 0.455 e. The number of sulfone groups is 1. The molecule has 0 saturated carbocycles. The Morgan fingerprint density at radius 1 is 1.01 bits per heavy atom. The van der Waals surface area contributed by atoms with Gasteiger partial charge in [0.15, 0.2) is 15.6 Å². The van der Waals surface area contributed by atoms with Gasteiger partial charge in [-0.05, 0) is 103 Å². The quantitative estimate of drug-likeness (QED) is 0.0575. The number of sulfonamides is 1. The molecular weight excluding hydrogens is 959 g/mol. The lowest BCUT2D eigenvalue weighted by atomic mass is 9.72. The monoisotopic (exact) mass is 1010 g/mol. The van der Waals surface area contributed by atoms with Gasteiger partial charge < -0.3 is 19.9 Å². The number of alkyl halides is 3. The fourth-order valence-corrected chi connectivity index (χ4v) is 11.8. The number of allylic oxidation sites excluding steroid dienone is 1. The Kier molecular flexibility index (Phi) is 14.2. The van der Waals surface area contributed by atoms with Crippen LogP contribution in [-0.4, -0.2) is 111 Å². The van der Waals surface area contributed by atoms with Crippen molar-refractivity contribution < 1.29 is 44.5 Å². The highest BCUT2D eigenvalue weighted by molar-refractivity contribution is 7.92. The van der Waals surface area contributed by atoms with Gasteiger partial charge in [-0.15, -0.1) is 0 Å². The van der Waals surface area contributed by atoms with E-state index in [-0.39, 0.29) is 46.4 Å². The smallest absolute Gasteiger partial charge is 0.416 e. The van der Waals surface area contributed by atoms with Crippen LogP contribution in [-0.2, 0) is 26.0 Å². The summed E-state index contributed by atoms with van der Waals surface area (Å²) < 4.78 is 100. The van der Waals surface area contributed by atoms with Gasteiger partial charge in [-0.2, -0.15) is 13.2 Å². The van der Waals surface area contributed by atoms with Crippen LogP contribution >= 0.6 is 11.6 Å². The summed E-state index contributed by atoms with van der Waals surface area (Å²) in [6.45, 7) is 8.24. The van der Waals surface area contributed by atoms with Crippen LogP contribution in [0.5, 0.6) is 11.5 Å². The van der Waals surface area contributed by atoms with E-state index in [1.807, 2.05) is 0 Å². The number of ketones is 1. The number of ether oxygens (including phenoxy) is 1. The Hall–Kier alpha value is -5.54. The van der Waals surface area contributed by atoms with Crippen LogP contribution in [0, 0.1) is 21.4 Å². The molecule has 0 bridgehead atoms. The molecule has 8 rings (SSSR count). The number of piperidine rings is 1. The van der Waals surface area contributed by atoms with Crippen LogP contribution in [0.2, 0.25) is 5.02 Å². The minimum atomic E-state index is -4.51. The van der Waals surface area contributed by atoms with E-state index in [0.717, 1.165) is 53.8 Å². The Labute approximate surface area is 403 Å². The lowest BCUT2D eigenvalue weighted by Gasteiger charge is -2.39. The van der Waals surface area contributed by atoms with Gasteiger partial charge in [0.25, 0.3) is 5.69 Å². The molecule has 2 N–H and O–H groups in total. The third kappa shape index (κ3) is 11.7. The average molecular weight is 1010 g/mol. The number of fused-ring (bicyclic) bond motifs is 1. The summed E-state index contributed by atoms with van der Waals surface area (Å²) in [7, 11) is -7.84. The van der Waals surface area contributed by atoms with Crippen LogP contribution in [0.25, 0.3) is 16.6 Å².